The van der Waals surface area contributed by atoms with Crippen molar-refractivity contribution in [2.75, 3.05) is 6.54 Å². The Kier molecular flexibility index (Phi) is 5.35. The van der Waals surface area contributed by atoms with E-state index in [4.69, 9.17) is 0 Å². The Morgan fingerprint density at radius 2 is 2.10 bits per heavy atom. The molecule has 21 heavy (non-hydrogen) atoms. The first-order chi connectivity index (χ1) is 9.92. The molecule has 1 aliphatic rings. The van der Waals surface area contributed by atoms with E-state index in [9.17, 15) is 12.8 Å². The lowest BCUT2D eigenvalue weighted by Gasteiger charge is -2.15. The monoisotopic (exact) mass is 314 g/mol. The van der Waals surface area contributed by atoms with Crippen molar-refractivity contribution < 1.29 is 12.8 Å². The summed E-state index contributed by atoms with van der Waals surface area (Å²) in [6.07, 6.45) is 3.15. The molecule has 4 nitrogen and oxygen atoms in total. The zero-order valence-corrected chi connectivity index (χ0v) is 13.3. The molecule has 0 spiro atoms. The second-order valence-electron chi connectivity index (χ2n) is 5.75. The third-order valence-electron chi connectivity index (χ3n) is 3.60. The lowest BCUT2D eigenvalue weighted by Crippen LogP contribution is -2.33. The molecule has 1 aliphatic carbocycles. The van der Waals surface area contributed by atoms with Crippen molar-refractivity contribution in [3.8, 4) is 0 Å². The van der Waals surface area contributed by atoms with Crippen molar-refractivity contribution >= 4 is 10.0 Å². The molecule has 1 saturated carbocycles. The number of nitrogens with one attached hydrogen (secondary N) is 2. The first-order valence-electron chi connectivity index (χ1n) is 7.44. The molecular formula is C15H23FN2O2S. The van der Waals surface area contributed by atoms with E-state index in [0.717, 1.165) is 18.5 Å². The average Bonchev–Trinajstić information content (AvgIpc) is 3.20. The maximum Gasteiger partial charge on any atom is 0.243 e. The Labute approximate surface area is 126 Å². The van der Waals surface area contributed by atoms with E-state index >= 15 is 0 Å². The van der Waals surface area contributed by atoms with Crippen LogP contribution in [0.5, 0.6) is 0 Å². The molecular weight excluding hydrogens is 291 g/mol. The second-order valence-corrected chi connectivity index (χ2v) is 7.43. The first-order valence-corrected chi connectivity index (χ1v) is 8.92. The maximum atomic E-state index is 13.9. The van der Waals surface area contributed by atoms with Crippen LogP contribution in [0.15, 0.2) is 23.1 Å². The summed E-state index contributed by atoms with van der Waals surface area (Å²) in [6.45, 7) is 5.09. The highest BCUT2D eigenvalue weighted by atomic mass is 32.2. The van der Waals surface area contributed by atoms with Crippen molar-refractivity contribution in [1.82, 2.24) is 10.0 Å². The Morgan fingerprint density at radius 1 is 1.38 bits per heavy atom. The van der Waals surface area contributed by atoms with E-state index < -0.39 is 15.8 Å². The number of benzene rings is 1. The van der Waals surface area contributed by atoms with Crippen LogP contribution in [-0.4, -0.2) is 21.0 Å². The maximum absolute atomic E-state index is 13.9. The molecule has 0 radical (unpaired) electrons. The standard InChI is InChI=1S/C15H23FN2O2S/c1-3-17-10-13-6-7-14(16)15(9-13)21(19,20)18-11(2)8-12-4-5-12/h6-7,9,11-12,17-18H,3-5,8,10H2,1-2H3. The Balaban J connectivity index is 2.13. The van der Waals surface area contributed by atoms with Crippen LogP contribution >= 0.6 is 0 Å². The van der Waals surface area contributed by atoms with Gasteiger partial charge in [-0.05, 0) is 43.5 Å². The predicted molar refractivity (Wildman–Crippen MR) is 80.9 cm³/mol. The summed E-state index contributed by atoms with van der Waals surface area (Å²) in [7, 11) is -3.81. The Hall–Kier alpha value is -0.980. The van der Waals surface area contributed by atoms with E-state index in [-0.39, 0.29) is 10.9 Å². The smallest absolute Gasteiger partial charge is 0.243 e. The fourth-order valence-electron chi connectivity index (χ4n) is 2.36. The van der Waals surface area contributed by atoms with Gasteiger partial charge in [0, 0.05) is 12.6 Å². The van der Waals surface area contributed by atoms with E-state index in [2.05, 4.69) is 10.0 Å². The normalized spacial score (nSPS) is 16.9. The highest BCUT2D eigenvalue weighted by Gasteiger charge is 2.27. The van der Waals surface area contributed by atoms with Crippen molar-refractivity contribution in [3.63, 3.8) is 0 Å². The third-order valence-corrected chi connectivity index (χ3v) is 5.21. The zero-order chi connectivity index (χ0) is 15.5. The summed E-state index contributed by atoms with van der Waals surface area (Å²) in [6, 6.07) is 4.06. The topological polar surface area (TPSA) is 58.2 Å². The van der Waals surface area contributed by atoms with Crippen molar-refractivity contribution in [3.05, 3.63) is 29.6 Å². The minimum Gasteiger partial charge on any atom is -0.313 e. The second kappa shape index (κ2) is 6.85. The van der Waals surface area contributed by atoms with Gasteiger partial charge in [0.05, 0.1) is 0 Å². The fourth-order valence-corrected chi connectivity index (χ4v) is 3.75. The van der Waals surface area contributed by atoms with Gasteiger partial charge < -0.3 is 5.32 Å². The van der Waals surface area contributed by atoms with E-state index in [1.54, 1.807) is 6.07 Å². The van der Waals surface area contributed by atoms with Gasteiger partial charge in [0.1, 0.15) is 10.7 Å². The van der Waals surface area contributed by atoms with Gasteiger partial charge in [-0.1, -0.05) is 25.8 Å². The van der Waals surface area contributed by atoms with Crippen LogP contribution < -0.4 is 10.0 Å². The number of halogens is 1. The first kappa shape index (κ1) is 16.4. The Morgan fingerprint density at radius 3 is 2.71 bits per heavy atom. The van der Waals surface area contributed by atoms with Gasteiger partial charge in [-0.25, -0.2) is 17.5 Å². The summed E-state index contributed by atoms with van der Waals surface area (Å²) in [4.78, 5) is -0.263. The molecule has 0 aliphatic heterocycles. The van der Waals surface area contributed by atoms with Gasteiger partial charge in [0.15, 0.2) is 0 Å². The molecule has 1 unspecified atom stereocenters. The quantitative estimate of drug-likeness (QED) is 0.774. The highest BCUT2D eigenvalue weighted by molar-refractivity contribution is 7.89. The van der Waals surface area contributed by atoms with Crippen molar-refractivity contribution in [2.45, 2.75) is 50.6 Å². The van der Waals surface area contributed by atoms with Crippen molar-refractivity contribution in [2.24, 2.45) is 5.92 Å². The summed E-state index contributed by atoms with van der Waals surface area (Å²) >= 11 is 0. The summed E-state index contributed by atoms with van der Waals surface area (Å²) in [5.74, 6) is -0.0889. The third kappa shape index (κ3) is 4.76. The minimum absolute atomic E-state index is 0.167. The Bertz CT molecular complexity index is 585. The van der Waals surface area contributed by atoms with Crippen LogP contribution in [0.4, 0.5) is 4.39 Å². The summed E-state index contributed by atoms with van der Waals surface area (Å²) in [5, 5.41) is 3.10. The molecule has 2 rings (SSSR count). The predicted octanol–water partition coefficient (Wildman–Crippen LogP) is 2.40. The number of rotatable bonds is 8. The van der Waals surface area contributed by atoms with Gasteiger partial charge in [0.25, 0.3) is 0 Å². The molecule has 6 heteroatoms. The average molecular weight is 314 g/mol. The van der Waals surface area contributed by atoms with E-state index in [1.807, 2.05) is 13.8 Å². The molecule has 0 saturated heterocycles. The van der Waals surface area contributed by atoms with E-state index in [0.29, 0.717) is 12.5 Å². The van der Waals surface area contributed by atoms with Crippen LogP contribution in [0.2, 0.25) is 0 Å². The SMILES string of the molecule is CCNCc1ccc(F)c(S(=O)(=O)NC(C)CC2CC2)c1. The van der Waals surface area contributed by atoms with Crippen LogP contribution in [-0.2, 0) is 16.6 Å². The molecule has 2 N–H and O–H groups in total. The van der Waals surface area contributed by atoms with Crippen LogP contribution in [0, 0.1) is 11.7 Å². The van der Waals surface area contributed by atoms with Gasteiger partial charge in [-0.15, -0.1) is 0 Å². The van der Waals surface area contributed by atoms with Crippen LogP contribution in [0.1, 0.15) is 38.7 Å². The van der Waals surface area contributed by atoms with Crippen molar-refractivity contribution in [1.29, 1.82) is 0 Å². The molecule has 1 aromatic carbocycles. The molecule has 0 heterocycles. The minimum atomic E-state index is -3.81. The fraction of sp³-hybridized carbons (Fsp3) is 0.600. The molecule has 1 atom stereocenters. The number of hydrogen-bond acceptors (Lipinski definition) is 3. The molecule has 1 aromatic rings. The van der Waals surface area contributed by atoms with Gasteiger partial charge in [-0.3, -0.25) is 0 Å². The number of sulfonamides is 1. The van der Waals surface area contributed by atoms with Crippen LogP contribution in [0.3, 0.4) is 0 Å². The summed E-state index contributed by atoms with van der Waals surface area (Å²) < 4.78 is 41.1. The number of hydrogen-bond donors (Lipinski definition) is 2. The molecule has 0 aromatic heterocycles. The van der Waals surface area contributed by atoms with Gasteiger partial charge in [-0.2, -0.15) is 0 Å². The molecule has 1 fully saturated rings. The molecule has 118 valence electrons. The lowest BCUT2D eigenvalue weighted by molar-refractivity contribution is 0.520. The zero-order valence-electron chi connectivity index (χ0n) is 12.5. The van der Waals surface area contributed by atoms with Gasteiger partial charge in [0.2, 0.25) is 10.0 Å². The van der Waals surface area contributed by atoms with Gasteiger partial charge >= 0.3 is 0 Å². The molecule has 0 bridgehead atoms. The van der Waals surface area contributed by atoms with Crippen LogP contribution in [0.25, 0.3) is 0 Å². The lowest BCUT2D eigenvalue weighted by atomic mass is 10.2. The highest BCUT2D eigenvalue weighted by Crippen LogP contribution is 2.33. The molecule has 0 amide bonds. The van der Waals surface area contributed by atoms with E-state index in [1.165, 1.54) is 25.0 Å². The largest absolute Gasteiger partial charge is 0.313 e. The summed E-state index contributed by atoms with van der Waals surface area (Å²) in [5.41, 5.74) is 0.758.